The van der Waals surface area contributed by atoms with E-state index in [0.717, 1.165) is 36.9 Å². The Balaban J connectivity index is 1.49. The number of likely N-dealkylation sites (tertiary alicyclic amines) is 1. The SMILES string of the molecule is O=C(Cc1cc(-c2cc3ccccc3o2)on1)N1CCCCCC1. The number of rotatable bonds is 3. The van der Waals surface area contributed by atoms with Crippen LogP contribution >= 0.6 is 0 Å². The van der Waals surface area contributed by atoms with Crippen molar-refractivity contribution in [3.8, 4) is 11.5 Å². The highest BCUT2D eigenvalue weighted by Crippen LogP contribution is 2.28. The molecule has 0 spiro atoms. The molecule has 0 bridgehead atoms. The Kier molecular flexibility index (Phi) is 4.07. The molecule has 3 heterocycles. The number of para-hydroxylation sites is 1. The first kappa shape index (κ1) is 15.0. The molecule has 124 valence electrons. The van der Waals surface area contributed by atoms with Crippen LogP contribution in [0.3, 0.4) is 0 Å². The molecule has 0 atom stereocenters. The number of furan rings is 1. The lowest BCUT2D eigenvalue weighted by Gasteiger charge is -2.19. The number of aromatic nitrogens is 1. The van der Waals surface area contributed by atoms with Crippen LogP contribution in [0.25, 0.3) is 22.5 Å². The van der Waals surface area contributed by atoms with Crippen LogP contribution in [0.15, 0.2) is 45.3 Å². The monoisotopic (exact) mass is 324 g/mol. The van der Waals surface area contributed by atoms with Gasteiger partial charge in [-0.3, -0.25) is 4.79 Å². The predicted octanol–water partition coefficient (Wildman–Crippen LogP) is 4.03. The molecule has 0 aliphatic carbocycles. The van der Waals surface area contributed by atoms with Gasteiger partial charge >= 0.3 is 0 Å². The molecular weight excluding hydrogens is 304 g/mol. The van der Waals surface area contributed by atoms with Gasteiger partial charge < -0.3 is 13.8 Å². The Morgan fingerprint density at radius 1 is 1.04 bits per heavy atom. The summed E-state index contributed by atoms with van der Waals surface area (Å²) in [5.74, 6) is 1.32. The minimum atomic E-state index is 0.126. The molecule has 1 amide bonds. The van der Waals surface area contributed by atoms with Gasteiger partial charge in [-0.1, -0.05) is 36.2 Å². The number of carbonyl (C=O) groups is 1. The fourth-order valence-electron chi connectivity index (χ4n) is 3.20. The number of hydrogen-bond donors (Lipinski definition) is 0. The first-order valence-corrected chi connectivity index (χ1v) is 8.52. The number of carbonyl (C=O) groups excluding carboxylic acids is 1. The standard InChI is InChI=1S/C19H20N2O3/c22-19(21-9-5-1-2-6-10-21)13-15-12-18(24-20-15)17-11-14-7-3-4-8-16(14)23-17/h3-4,7-8,11-12H,1-2,5-6,9-10,13H2. The van der Waals surface area contributed by atoms with Crippen molar-refractivity contribution >= 4 is 16.9 Å². The lowest BCUT2D eigenvalue weighted by molar-refractivity contribution is -0.130. The molecule has 0 N–H and O–H groups in total. The molecule has 24 heavy (non-hydrogen) atoms. The summed E-state index contributed by atoms with van der Waals surface area (Å²) in [6.07, 6.45) is 4.89. The van der Waals surface area contributed by atoms with E-state index in [1.54, 1.807) is 6.07 Å². The number of benzene rings is 1. The summed E-state index contributed by atoms with van der Waals surface area (Å²) >= 11 is 0. The first-order valence-electron chi connectivity index (χ1n) is 8.52. The Morgan fingerprint density at radius 3 is 2.62 bits per heavy atom. The lowest BCUT2D eigenvalue weighted by atomic mass is 10.2. The van der Waals surface area contributed by atoms with Crippen LogP contribution in [-0.4, -0.2) is 29.1 Å². The molecule has 5 heteroatoms. The van der Waals surface area contributed by atoms with Gasteiger partial charge in [0.15, 0.2) is 5.76 Å². The maximum Gasteiger partial charge on any atom is 0.228 e. The summed E-state index contributed by atoms with van der Waals surface area (Å²) in [7, 11) is 0. The fourth-order valence-corrected chi connectivity index (χ4v) is 3.20. The third-order valence-electron chi connectivity index (χ3n) is 4.52. The second kappa shape index (κ2) is 6.51. The van der Waals surface area contributed by atoms with E-state index >= 15 is 0 Å². The van der Waals surface area contributed by atoms with E-state index in [4.69, 9.17) is 8.94 Å². The van der Waals surface area contributed by atoms with Crippen LogP contribution in [0.2, 0.25) is 0 Å². The zero-order chi connectivity index (χ0) is 16.4. The van der Waals surface area contributed by atoms with Gasteiger partial charge in [-0.25, -0.2) is 0 Å². The van der Waals surface area contributed by atoms with E-state index < -0.39 is 0 Å². The minimum absolute atomic E-state index is 0.126. The van der Waals surface area contributed by atoms with E-state index in [0.29, 0.717) is 17.2 Å². The molecule has 1 aliphatic heterocycles. The average molecular weight is 324 g/mol. The van der Waals surface area contributed by atoms with Gasteiger partial charge in [0, 0.05) is 24.5 Å². The normalized spacial score (nSPS) is 15.6. The molecule has 1 saturated heterocycles. The highest BCUT2D eigenvalue weighted by atomic mass is 16.5. The zero-order valence-electron chi connectivity index (χ0n) is 13.5. The van der Waals surface area contributed by atoms with Crippen LogP contribution < -0.4 is 0 Å². The zero-order valence-corrected chi connectivity index (χ0v) is 13.5. The molecule has 1 aromatic carbocycles. The Bertz CT molecular complexity index is 808. The summed E-state index contributed by atoms with van der Waals surface area (Å²) in [5.41, 5.74) is 1.46. The molecule has 0 radical (unpaired) electrons. The van der Waals surface area contributed by atoms with Gasteiger partial charge in [-0.05, 0) is 25.0 Å². The van der Waals surface area contributed by atoms with Crippen molar-refractivity contribution in [1.29, 1.82) is 0 Å². The van der Waals surface area contributed by atoms with E-state index in [-0.39, 0.29) is 12.3 Å². The number of nitrogens with zero attached hydrogens (tertiary/aromatic N) is 2. The quantitative estimate of drug-likeness (QED) is 0.730. The lowest BCUT2D eigenvalue weighted by Crippen LogP contribution is -2.33. The van der Waals surface area contributed by atoms with Crippen molar-refractivity contribution in [2.75, 3.05) is 13.1 Å². The highest BCUT2D eigenvalue weighted by molar-refractivity contribution is 5.82. The number of fused-ring (bicyclic) bond motifs is 1. The second-order valence-electron chi connectivity index (χ2n) is 6.30. The molecule has 1 fully saturated rings. The van der Waals surface area contributed by atoms with E-state index in [1.807, 2.05) is 35.2 Å². The first-order chi connectivity index (χ1) is 11.8. The van der Waals surface area contributed by atoms with Crippen molar-refractivity contribution in [3.63, 3.8) is 0 Å². The number of amides is 1. The maximum absolute atomic E-state index is 12.4. The van der Waals surface area contributed by atoms with Crippen LogP contribution in [0.5, 0.6) is 0 Å². The maximum atomic E-state index is 12.4. The van der Waals surface area contributed by atoms with E-state index in [2.05, 4.69) is 5.16 Å². The summed E-state index contributed by atoms with van der Waals surface area (Å²) in [5, 5.41) is 5.06. The Hall–Kier alpha value is -2.56. The van der Waals surface area contributed by atoms with Gasteiger partial charge in [0.2, 0.25) is 11.7 Å². The molecule has 1 aliphatic rings. The van der Waals surface area contributed by atoms with Crippen molar-refractivity contribution < 1.29 is 13.7 Å². The summed E-state index contributed by atoms with van der Waals surface area (Å²) < 4.78 is 11.2. The Morgan fingerprint density at radius 2 is 1.83 bits per heavy atom. The van der Waals surface area contributed by atoms with Crippen LogP contribution in [0.4, 0.5) is 0 Å². The van der Waals surface area contributed by atoms with Crippen LogP contribution in [0.1, 0.15) is 31.4 Å². The topological polar surface area (TPSA) is 59.5 Å². The molecule has 2 aromatic heterocycles. The molecule has 0 saturated carbocycles. The number of hydrogen-bond acceptors (Lipinski definition) is 4. The third-order valence-corrected chi connectivity index (χ3v) is 4.52. The van der Waals surface area contributed by atoms with Gasteiger partial charge in [-0.2, -0.15) is 0 Å². The van der Waals surface area contributed by atoms with E-state index in [9.17, 15) is 4.79 Å². The summed E-state index contributed by atoms with van der Waals surface area (Å²) in [6, 6.07) is 11.5. The minimum Gasteiger partial charge on any atom is -0.453 e. The van der Waals surface area contributed by atoms with Crippen molar-refractivity contribution in [1.82, 2.24) is 10.1 Å². The molecular formula is C19H20N2O3. The molecule has 5 nitrogen and oxygen atoms in total. The van der Waals surface area contributed by atoms with Gasteiger partial charge in [-0.15, -0.1) is 0 Å². The van der Waals surface area contributed by atoms with Gasteiger partial charge in [0.25, 0.3) is 0 Å². The smallest absolute Gasteiger partial charge is 0.228 e. The van der Waals surface area contributed by atoms with E-state index in [1.165, 1.54) is 12.8 Å². The molecule has 0 unspecified atom stereocenters. The largest absolute Gasteiger partial charge is 0.453 e. The fraction of sp³-hybridized carbons (Fsp3) is 0.368. The second-order valence-corrected chi connectivity index (χ2v) is 6.30. The van der Waals surface area contributed by atoms with Gasteiger partial charge in [0.05, 0.1) is 12.1 Å². The third kappa shape index (κ3) is 3.07. The molecule has 4 rings (SSSR count). The van der Waals surface area contributed by atoms with Gasteiger partial charge in [0.1, 0.15) is 5.58 Å². The predicted molar refractivity (Wildman–Crippen MR) is 90.5 cm³/mol. The van der Waals surface area contributed by atoms with Crippen LogP contribution in [0, 0.1) is 0 Å². The summed E-state index contributed by atoms with van der Waals surface area (Å²) in [6.45, 7) is 1.71. The Labute approximate surface area is 140 Å². The summed E-state index contributed by atoms with van der Waals surface area (Å²) in [4.78, 5) is 14.4. The van der Waals surface area contributed by atoms with Crippen LogP contribution in [-0.2, 0) is 11.2 Å². The van der Waals surface area contributed by atoms with Crippen molar-refractivity contribution in [2.24, 2.45) is 0 Å². The average Bonchev–Trinajstić information content (AvgIpc) is 3.13. The highest BCUT2D eigenvalue weighted by Gasteiger charge is 2.19. The van der Waals surface area contributed by atoms with Crippen molar-refractivity contribution in [2.45, 2.75) is 32.1 Å². The van der Waals surface area contributed by atoms with Crippen molar-refractivity contribution in [3.05, 3.63) is 42.1 Å². The molecule has 3 aromatic rings.